The highest BCUT2D eigenvalue weighted by atomic mass is 16.2. The van der Waals surface area contributed by atoms with Crippen molar-refractivity contribution in [1.29, 1.82) is 0 Å². The lowest BCUT2D eigenvalue weighted by atomic mass is 10.2. The van der Waals surface area contributed by atoms with Crippen molar-refractivity contribution in [2.45, 2.75) is 39.2 Å². The predicted molar refractivity (Wildman–Crippen MR) is 103 cm³/mol. The molecular formula is C21H27N3O. The molecule has 0 aliphatic heterocycles. The largest absolute Gasteiger partial charge is 0.340 e. The van der Waals surface area contributed by atoms with Crippen LogP contribution in [0.15, 0.2) is 30.3 Å². The molecule has 4 rings (SSSR count). The molecule has 132 valence electrons. The molecule has 1 aliphatic rings. The minimum Gasteiger partial charge on any atom is -0.340 e. The average Bonchev–Trinajstić information content (AvgIpc) is 3.31. The molecule has 3 aromatic rings. The van der Waals surface area contributed by atoms with Gasteiger partial charge in [-0.1, -0.05) is 31.5 Å². The fraction of sp³-hybridized carbons (Fsp3) is 0.476. The van der Waals surface area contributed by atoms with E-state index in [2.05, 4.69) is 46.4 Å². The second-order valence-corrected chi connectivity index (χ2v) is 7.47. The second kappa shape index (κ2) is 6.25. The van der Waals surface area contributed by atoms with Crippen LogP contribution in [0.3, 0.4) is 0 Å². The number of carbonyl (C=O) groups is 1. The Morgan fingerprint density at radius 2 is 2.00 bits per heavy atom. The van der Waals surface area contributed by atoms with Crippen molar-refractivity contribution in [3.63, 3.8) is 0 Å². The van der Waals surface area contributed by atoms with E-state index in [4.69, 9.17) is 0 Å². The van der Waals surface area contributed by atoms with Gasteiger partial charge in [-0.25, -0.2) is 0 Å². The molecule has 1 aromatic carbocycles. The number of hydrogen-bond acceptors (Lipinski definition) is 1. The zero-order chi connectivity index (χ0) is 17.6. The molecule has 0 saturated heterocycles. The average molecular weight is 337 g/mol. The summed E-state index contributed by atoms with van der Waals surface area (Å²) in [7, 11) is 3.93. The number of amides is 1. The zero-order valence-corrected chi connectivity index (χ0v) is 15.5. The number of unbranched alkanes of at least 4 members (excludes halogenated alkanes) is 1. The van der Waals surface area contributed by atoms with Gasteiger partial charge >= 0.3 is 0 Å². The third-order valence-electron chi connectivity index (χ3n) is 5.50. The highest BCUT2D eigenvalue weighted by Gasteiger charge is 2.26. The molecule has 0 radical (unpaired) electrons. The maximum Gasteiger partial charge on any atom is 0.270 e. The van der Waals surface area contributed by atoms with Crippen LogP contribution in [-0.4, -0.2) is 33.5 Å². The van der Waals surface area contributed by atoms with Gasteiger partial charge in [0.05, 0.1) is 16.6 Å². The molecule has 4 heteroatoms. The summed E-state index contributed by atoms with van der Waals surface area (Å²) >= 11 is 0. The summed E-state index contributed by atoms with van der Waals surface area (Å²) in [5.41, 5.74) is 4.46. The van der Waals surface area contributed by atoms with Crippen molar-refractivity contribution in [3.8, 4) is 0 Å². The van der Waals surface area contributed by atoms with Gasteiger partial charge in [0.1, 0.15) is 5.69 Å². The van der Waals surface area contributed by atoms with E-state index >= 15 is 0 Å². The predicted octanol–water partition coefficient (Wildman–Crippen LogP) is 4.42. The summed E-state index contributed by atoms with van der Waals surface area (Å²) in [5, 5.41) is 1.25. The van der Waals surface area contributed by atoms with Crippen LogP contribution in [0, 0.1) is 5.92 Å². The second-order valence-electron chi connectivity index (χ2n) is 7.47. The lowest BCUT2D eigenvalue weighted by Crippen LogP contribution is -2.29. The van der Waals surface area contributed by atoms with E-state index in [9.17, 15) is 4.79 Å². The quantitative estimate of drug-likeness (QED) is 0.655. The third kappa shape index (κ3) is 2.74. The fourth-order valence-corrected chi connectivity index (χ4v) is 3.80. The monoisotopic (exact) mass is 337 g/mol. The fourth-order valence-electron chi connectivity index (χ4n) is 3.80. The Labute approximate surface area is 149 Å². The number of hydrogen-bond donors (Lipinski definition) is 0. The van der Waals surface area contributed by atoms with E-state index in [0.29, 0.717) is 0 Å². The number of nitrogens with zero attached hydrogens (tertiary/aromatic N) is 3. The SMILES string of the molecule is CCCCN(C)C(=O)c1cc2c(c3ccccc3n2CC2CC2)n1C. The lowest BCUT2D eigenvalue weighted by molar-refractivity contribution is 0.0784. The molecule has 2 aromatic heterocycles. The zero-order valence-electron chi connectivity index (χ0n) is 15.5. The summed E-state index contributed by atoms with van der Waals surface area (Å²) in [6, 6.07) is 10.7. The standard InChI is InChI=1S/C21H27N3O/c1-4-5-12-22(2)21(25)19-13-18-20(23(19)3)16-8-6-7-9-17(16)24(18)14-15-10-11-15/h6-9,13,15H,4-5,10-12,14H2,1-3H3. The van der Waals surface area contributed by atoms with Gasteiger partial charge in [-0.3, -0.25) is 4.79 Å². The van der Waals surface area contributed by atoms with Gasteiger partial charge in [-0.2, -0.15) is 0 Å². The normalized spacial score (nSPS) is 14.5. The van der Waals surface area contributed by atoms with Crippen molar-refractivity contribution >= 4 is 27.8 Å². The van der Waals surface area contributed by atoms with E-state index in [1.165, 1.54) is 34.8 Å². The molecule has 1 amide bonds. The summed E-state index contributed by atoms with van der Waals surface area (Å²) in [5.74, 6) is 0.916. The van der Waals surface area contributed by atoms with Crippen LogP contribution in [0.4, 0.5) is 0 Å². The minimum atomic E-state index is 0.120. The molecule has 0 atom stereocenters. The maximum atomic E-state index is 12.9. The van der Waals surface area contributed by atoms with Gasteiger partial charge in [-0.05, 0) is 37.3 Å². The first-order chi connectivity index (χ1) is 12.1. The number of aryl methyl sites for hydroxylation is 1. The Kier molecular flexibility index (Phi) is 4.06. The van der Waals surface area contributed by atoms with E-state index in [1.54, 1.807) is 0 Å². The van der Waals surface area contributed by atoms with Gasteiger partial charge in [0.25, 0.3) is 5.91 Å². The molecule has 2 heterocycles. The van der Waals surface area contributed by atoms with Crippen molar-refractivity contribution in [2.24, 2.45) is 13.0 Å². The first-order valence-electron chi connectivity index (χ1n) is 9.44. The summed E-state index contributed by atoms with van der Waals surface area (Å²) < 4.78 is 4.51. The van der Waals surface area contributed by atoms with Crippen molar-refractivity contribution < 1.29 is 4.79 Å². The van der Waals surface area contributed by atoms with Crippen molar-refractivity contribution in [3.05, 3.63) is 36.0 Å². The maximum absolute atomic E-state index is 12.9. The molecule has 1 fully saturated rings. The topological polar surface area (TPSA) is 30.2 Å². The van der Waals surface area contributed by atoms with Gasteiger partial charge in [0.2, 0.25) is 0 Å². The molecule has 4 nitrogen and oxygen atoms in total. The summed E-state index contributed by atoms with van der Waals surface area (Å²) in [4.78, 5) is 14.8. The molecule has 0 unspecified atom stereocenters. The summed E-state index contributed by atoms with van der Waals surface area (Å²) in [6.45, 7) is 4.03. The van der Waals surface area contributed by atoms with E-state index in [1.807, 2.05) is 19.0 Å². The Balaban J connectivity index is 1.82. The molecule has 1 saturated carbocycles. The van der Waals surface area contributed by atoms with Crippen LogP contribution < -0.4 is 0 Å². The number of para-hydroxylation sites is 1. The van der Waals surface area contributed by atoms with Crippen LogP contribution in [-0.2, 0) is 13.6 Å². The van der Waals surface area contributed by atoms with Crippen LogP contribution in [0.5, 0.6) is 0 Å². The Morgan fingerprint density at radius 1 is 1.24 bits per heavy atom. The van der Waals surface area contributed by atoms with Crippen molar-refractivity contribution in [1.82, 2.24) is 14.0 Å². The summed E-state index contributed by atoms with van der Waals surface area (Å²) in [6.07, 6.45) is 4.80. The number of rotatable bonds is 6. The van der Waals surface area contributed by atoms with E-state index in [0.717, 1.165) is 37.5 Å². The molecule has 0 bridgehead atoms. The number of benzene rings is 1. The molecule has 1 aliphatic carbocycles. The van der Waals surface area contributed by atoms with Crippen molar-refractivity contribution in [2.75, 3.05) is 13.6 Å². The first-order valence-corrected chi connectivity index (χ1v) is 9.44. The van der Waals surface area contributed by atoms with E-state index in [-0.39, 0.29) is 5.91 Å². The number of fused-ring (bicyclic) bond motifs is 3. The van der Waals surface area contributed by atoms with Gasteiger partial charge < -0.3 is 14.0 Å². The van der Waals surface area contributed by atoms with Crippen LogP contribution in [0.25, 0.3) is 21.9 Å². The number of carbonyl (C=O) groups excluding carboxylic acids is 1. The number of aromatic nitrogens is 2. The van der Waals surface area contributed by atoms with Gasteiger partial charge in [0.15, 0.2) is 0 Å². The molecule has 25 heavy (non-hydrogen) atoms. The molecule has 0 N–H and O–H groups in total. The van der Waals surface area contributed by atoms with Crippen LogP contribution >= 0.6 is 0 Å². The molecule has 0 spiro atoms. The highest BCUT2D eigenvalue weighted by Crippen LogP contribution is 2.37. The Bertz CT molecular complexity index is 930. The Morgan fingerprint density at radius 3 is 2.72 bits per heavy atom. The van der Waals surface area contributed by atoms with E-state index < -0.39 is 0 Å². The third-order valence-corrected chi connectivity index (χ3v) is 5.50. The van der Waals surface area contributed by atoms with Gasteiger partial charge in [0, 0.05) is 32.6 Å². The highest BCUT2D eigenvalue weighted by molar-refractivity contribution is 6.10. The van der Waals surface area contributed by atoms with Crippen LogP contribution in [0.1, 0.15) is 43.1 Å². The Hall–Kier alpha value is -2.23. The van der Waals surface area contributed by atoms with Gasteiger partial charge in [-0.15, -0.1) is 0 Å². The molecular weight excluding hydrogens is 310 g/mol. The first kappa shape index (κ1) is 16.2. The lowest BCUT2D eigenvalue weighted by Gasteiger charge is -2.17. The minimum absolute atomic E-state index is 0.120. The smallest absolute Gasteiger partial charge is 0.270 e. The van der Waals surface area contributed by atoms with Crippen LogP contribution in [0.2, 0.25) is 0 Å².